The molecule has 1 fully saturated rings. The van der Waals surface area contributed by atoms with Gasteiger partial charge in [0.25, 0.3) is 0 Å². The van der Waals surface area contributed by atoms with Crippen LogP contribution in [0, 0.1) is 16.7 Å². The predicted molar refractivity (Wildman–Crippen MR) is 74.7 cm³/mol. The lowest BCUT2D eigenvalue weighted by Crippen LogP contribution is -2.55. The highest BCUT2D eigenvalue weighted by Gasteiger charge is 2.53. The summed E-state index contributed by atoms with van der Waals surface area (Å²) in [5, 5.41) is 21.8. The molecule has 20 heavy (non-hydrogen) atoms. The minimum absolute atomic E-state index is 0.0396. The van der Waals surface area contributed by atoms with E-state index in [0.717, 1.165) is 51.4 Å². The van der Waals surface area contributed by atoms with Gasteiger partial charge in [-0.05, 0) is 56.3 Å². The zero-order valence-corrected chi connectivity index (χ0v) is 12.6. The third-order valence-corrected chi connectivity index (χ3v) is 6.47. The third kappa shape index (κ3) is 1.86. The van der Waals surface area contributed by atoms with Crippen molar-refractivity contribution in [1.82, 2.24) is 0 Å². The Hall–Kier alpha value is -0.830. The normalized spacial score (nSPS) is 44.8. The van der Waals surface area contributed by atoms with Crippen molar-refractivity contribution in [3.05, 3.63) is 11.1 Å². The molecule has 0 heterocycles. The minimum atomic E-state index is -0.881. The van der Waals surface area contributed by atoms with Gasteiger partial charge in [-0.15, -0.1) is 0 Å². The smallest absolute Gasteiger partial charge is 0.0580 e. The first kappa shape index (κ1) is 14.1. The Kier molecular flexibility index (Phi) is 3.24. The van der Waals surface area contributed by atoms with Gasteiger partial charge in [0.2, 0.25) is 0 Å². The maximum atomic E-state index is 11.7. The molecule has 3 aliphatic rings. The van der Waals surface area contributed by atoms with Crippen LogP contribution >= 0.6 is 0 Å². The summed E-state index contributed by atoms with van der Waals surface area (Å²) in [6.07, 6.45) is 7.13. The molecule has 0 unspecified atom stereocenters. The fourth-order valence-corrected chi connectivity index (χ4v) is 5.32. The van der Waals surface area contributed by atoms with Crippen LogP contribution in [-0.2, 0) is 4.79 Å². The number of hydrogen-bond acceptors (Lipinski definition) is 3. The number of aliphatic hydroxyl groups excluding tert-OH is 1. The molecule has 0 saturated heterocycles. The maximum absolute atomic E-state index is 11.7. The van der Waals surface area contributed by atoms with Crippen molar-refractivity contribution in [3.8, 4) is 0 Å². The van der Waals surface area contributed by atoms with E-state index in [1.165, 1.54) is 11.1 Å². The Morgan fingerprint density at radius 1 is 1.25 bits per heavy atom. The molecule has 0 radical (unpaired) electrons. The number of aliphatic carboxylic acids is 1. The first-order valence-corrected chi connectivity index (χ1v) is 7.99. The van der Waals surface area contributed by atoms with Crippen molar-refractivity contribution in [1.29, 1.82) is 0 Å². The monoisotopic (exact) mass is 277 g/mol. The molecule has 0 aromatic heterocycles. The molecule has 0 aromatic rings. The molecule has 1 saturated carbocycles. The maximum Gasteiger partial charge on any atom is 0.0580 e. The highest BCUT2D eigenvalue weighted by molar-refractivity contribution is 5.73. The molecule has 1 N–H and O–H groups in total. The fraction of sp³-hybridized carbons (Fsp3) is 0.824. The lowest BCUT2D eigenvalue weighted by atomic mass is 9.48. The molecule has 0 aliphatic heterocycles. The SMILES string of the molecule is C[C@@]1(C(=O)[O-])CCC[C@]2(C)C3=C(CC[C@@H](O)C3)CC[C@@H]12. The summed E-state index contributed by atoms with van der Waals surface area (Å²) in [6, 6.07) is 0. The van der Waals surface area contributed by atoms with Crippen molar-refractivity contribution in [2.45, 2.75) is 71.3 Å². The third-order valence-electron chi connectivity index (χ3n) is 6.47. The topological polar surface area (TPSA) is 60.4 Å². The van der Waals surface area contributed by atoms with E-state index >= 15 is 0 Å². The van der Waals surface area contributed by atoms with Crippen LogP contribution in [0.5, 0.6) is 0 Å². The van der Waals surface area contributed by atoms with E-state index in [9.17, 15) is 15.0 Å². The number of allylic oxidation sites excluding steroid dienone is 1. The number of carboxylic acid groups (broad SMARTS) is 1. The largest absolute Gasteiger partial charge is 0.550 e. The van der Waals surface area contributed by atoms with E-state index in [0.29, 0.717) is 0 Å². The van der Waals surface area contributed by atoms with Crippen molar-refractivity contribution in [2.75, 3.05) is 0 Å². The summed E-state index contributed by atoms with van der Waals surface area (Å²) in [4.78, 5) is 11.7. The lowest BCUT2D eigenvalue weighted by Gasteiger charge is -2.57. The predicted octanol–water partition coefficient (Wildman–Crippen LogP) is 2.18. The van der Waals surface area contributed by atoms with E-state index < -0.39 is 11.4 Å². The van der Waals surface area contributed by atoms with Crippen molar-refractivity contribution < 1.29 is 15.0 Å². The molecule has 0 bridgehead atoms. The van der Waals surface area contributed by atoms with Crippen LogP contribution in [-0.4, -0.2) is 17.2 Å². The summed E-state index contributed by atoms with van der Waals surface area (Å²) in [6.45, 7) is 4.12. The number of rotatable bonds is 1. The minimum Gasteiger partial charge on any atom is -0.550 e. The van der Waals surface area contributed by atoms with Crippen LogP contribution in [0.1, 0.15) is 65.2 Å². The van der Waals surface area contributed by atoms with Crippen LogP contribution in [0.2, 0.25) is 0 Å². The molecule has 3 nitrogen and oxygen atoms in total. The zero-order valence-electron chi connectivity index (χ0n) is 12.6. The van der Waals surface area contributed by atoms with Crippen molar-refractivity contribution in [2.24, 2.45) is 16.7 Å². The Bertz CT molecular complexity index is 467. The van der Waals surface area contributed by atoms with Gasteiger partial charge < -0.3 is 15.0 Å². The fourth-order valence-electron chi connectivity index (χ4n) is 5.32. The van der Waals surface area contributed by atoms with Gasteiger partial charge in [0.15, 0.2) is 0 Å². The lowest BCUT2D eigenvalue weighted by molar-refractivity contribution is -0.325. The van der Waals surface area contributed by atoms with Gasteiger partial charge in [-0.1, -0.05) is 31.4 Å². The second-order valence-corrected chi connectivity index (χ2v) is 7.55. The Balaban J connectivity index is 2.03. The average Bonchev–Trinajstić information content (AvgIpc) is 2.39. The number of fused-ring (bicyclic) bond motifs is 2. The molecule has 3 rings (SSSR count). The summed E-state index contributed by atoms with van der Waals surface area (Å²) in [5.74, 6) is -0.716. The average molecular weight is 277 g/mol. The summed E-state index contributed by atoms with van der Waals surface area (Å²) < 4.78 is 0. The van der Waals surface area contributed by atoms with Crippen LogP contribution in [0.4, 0.5) is 0 Å². The van der Waals surface area contributed by atoms with Crippen molar-refractivity contribution >= 4 is 5.97 Å². The van der Waals surface area contributed by atoms with Crippen LogP contribution in [0.15, 0.2) is 11.1 Å². The first-order chi connectivity index (χ1) is 9.38. The first-order valence-electron chi connectivity index (χ1n) is 7.99. The summed E-state index contributed by atoms with van der Waals surface area (Å²) >= 11 is 0. The molecule has 0 amide bonds. The highest BCUT2D eigenvalue weighted by atomic mass is 16.4. The second-order valence-electron chi connectivity index (χ2n) is 7.55. The van der Waals surface area contributed by atoms with E-state index in [1.807, 2.05) is 6.92 Å². The van der Waals surface area contributed by atoms with Gasteiger partial charge >= 0.3 is 0 Å². The number of carboxylic acids is 1. The highest BCUT2D eigenvalue weighted by Crippen LogP contribution is 2.61. The quantitative estimate of drug-likeness (QED) is 0.747. The Morgan fingerprint density at radius 2 is 1.95 bits per heavy atom. The van der Waals surface area contributed by atoms with Gasteiger partial charge in [0.05, 0.1) is 6.10 Å². The van der Waals surface area contributed by atoms with Gasteiger partial charge in [0.1, 0.15) is 0 Å². The molecular weight excluding hydrogens is 252 g/mol. The number of aliphatic hydroxyl groups is 1. The van der Waals surface area contributed by atoms with E-state index in [4.69, 9.17) is 0 Å². The van der Waals surface area contributed by atoms with Crippen LogP contribution in [0.3, 0.4) is 0 Å². The number of hydrogen-bond donors (Lipinski definition) is 1. The second kappa shape index (κ2) is 4.59. The van der Waals surface area contributed by atoms with Gasteiger partial charge in [-0.25, -0.2) is 0 Å². The van der Waals surface area contributed by atoms with E-state index in [-0.39, 0.29) is 17.4 Å². The molecular formula is C17H25O3-. The number of carbonyl (C=O) groups excluding carboxylic acids is 1. The zero-order chi connectivity index (χ0) is 14.5. The Labute approximate surface area is 121 Å². The van der Waals surface area contributed by atoms with E-state index in [1.54, 1.807) is 0 Å². The molecule has 3 heteroatoms. The summed E-state index contributed by atoms with van der Waals surface area (Å²) in [7, 11) is 0. The van der Waals surface area contributed by atoms with Crippen LogP contribution < -0.4 is 5.11 Å². The van der Waals surface area contributed by atoms with Crippen LogP contribution in [0.25, 0.3) is 0 Å². The van der Waals surface area contributed by atoms with Gasteiger partial charge in [0, 0.05) is 11.4 Å². The molecule has 0 spiro atoms. The molecule has 0 aromatic carbocycles. The number of carbonyl (C=O) groups is 1. The van der Waals surface area contributed by atoms with E-state index in [2.05, 4.69) is 6.92 Å². The molecule has 3 aliphatic carbocycles. The Morgan fingerprint density at radius 3 is 2.65 bits per heavy atom. The van der Waals surface area contributed by atoms with Gasteiger partial charge in [-0.3, -0.25) is 0 Å². The molecule has 4 atom stereocenters. The summed E-state index contributed by atoms with van der Waals surface area (Å²) in [5.41, 5.74) is 2.16. The molecule has 112 valence electrons. The standard InChI is InChI=1S/C17H26O3/c1-16-8-3-9-17(2,15(19)20)14(16)7-5-11-4-6-12(18)10-13(11)16/h12,14,18H,3-10H2,1-2H3,(H,19,20)/p-1/t12-,14-,16-,17-/m1/s1. The van der Waals surface area contributed by atoms with Crippen molar-refractivity contribution in [3.63, 3.8) is 0 Å². The van der Waals surface area contributed by atoms with Gasteiger partial charge in [-0.2, -0.15) is 0 Å².